The molecule has 0 amide bonds. The van der Waals surface area contributed by atoms with Gasteiger partial charge in [-0.2, -0.15) is 11.8 Å². The zero-order chi connectivity index (χ0) is 12.8. The molecule has 6 heteroatoms. The van der Waals surface area contributed by atoms with Crippen molar-refractivity contribution in [1.82, 2.24) is 10.3 Å². The number of nitrogens with zero attached hydrogens (tertiary/aromatic N) is 2. The van der Waals surface area contributed by atoms with E-state index in [1.165, 1.54) is 24.3 Å². The number of oxime groups is 1. The van der Waals surface area contributed by atoms with E-state index >= 15 is 0 Å². The molecular weight excluding hydrogens is 248 g/mol. The van der Waals surface area contributed by atoms with E-state index in [-0.39, 0.29) is 5.84 Å². The molecule has 1 saturated heterocycles. The predicted molar refractivity (Wildman–Crippen MR) is 73.9 cm³/mol. The van der Waals surface area contributed by atoms with E-state index < -0.39 is 0 Å². The van der Waals surface area contributed by atoms with Crippen molar-refractivity contribution in [2.45, 2.75) is 25.4 Å². The predicted octanol–water partition coefficient (Wildman–Crippen LogP) is 1.16. The molecule has 0 aliphatic carbocycles. The minimum absolute atomic E-state index is 0.0471. The Bertz CT molecular complexity index is 418. The molecule has 0 bridgehead atoms. The van der Waals surface area contributed by atoms with E-state index in [0.717, 1.165) is 12.1 Å². The molecule has 1 aromatic rings. The molecule has 0 atom stereocenters. The lowest BCUT2D eigenvalue weighted by Gasteiger charge is -2.22. The maximum absolute atomic E-state index is 8.62. The van der Waals surface area contributed by atoms with Gasteiger partial charge >= 0.3 is 0 Å². The second-order valence-corrected chi connectivity index (χ2v) is 5.53. The van der Waals surface area contributed by atoms with Crippen LogP contribution in [0.1, 0.15) is 24.1 Å². The van der Waals surface area contributed by atoms with Crippen molar-refractivity contribution >= 4 is 17.6 Å². The summed E-state index contributed by atoms with van der Waals surface area (Å²) in [6, 6.07) is 4.39. The molecule has 0 spiro atoms. The Morgan fingerprint density at radius 2 is 2.33 bits per heavy atom. The zero-order valence-corrected chi connectivity index (χ0v) is 11.0. The molecule has 0 saturated carbocycles. The summed E-state index contributed by atoms with van der Waals surface area (Å²) in [6.07, 6.45) is 4.13. The summed E-state index contributed by atoms with van der Waals surface area (Å²) in [6.45, 7) is 0.795. The van der Waals surface area contributed by atoms with Crippen molar-refractivity contribution in [3.8, 4) is 0 Å². The number of aromatic nitrogens is 1. The maximum Gasteiger partial charge on any atom is 0.188 e. The van der Waals surface area contributed by atoms with Crippen LogP contribution in [0.25, 0.3) is 0 Å². The molecule has 0 aromatic carbocycles. The SMILES string of the molecule is N/C(=N/O)c1cc(CNC2CCSCC2)ccn1. The standard InChI is InChI=1S/C12H18N4OS/c13-12(16-17)11-7-9(1-4-14-11)8-15-10-2-5-18-6-3-10/h1,4,7,10,15,17H,2-3,5-6,8H2,(H2,13,16). The number of thioether (sulfide) groups is 1. The Hall–Kier alpha value is -1.27. The summed E-state index contributed by atoms with van der Waals surface area (Å²) in [4.78, 5) is 4.06. The molecule has 1 aliphatic heterocycles. The molecule has 4 N–H and O–H groups in total. The smallest absolute Gasteiger partial charge is 0.188 e. The number of nitrogens with one attached hydrogen (secondary N) is 1. The van der Waals surface area contributed by atoms with E-state index in [1.54, 1.807) is 6.20 Å². The van der Waals surface area contributed by atoms with E-state index in [2.05, 4.69) is 15.5 Å². The van der Waals surface area contributed by atoms with Gasteiger partial charge in [-0.15, -0.1) is 0 Å². The molecule has 1 aromatic heterocycles. The molecule has 1 aliphatic rings. The van der Waals surface area contributed by atoms with Crippen molar-refractivity contribution in [2.75, 3.05) is 11.5 Å². The molecule has 5 nitrogen and oxygen atoms in total. The topological polar surface area (TPSA) is 83.5 Å². The molecule has 0 unspecified atom stereocenters. The van der Waals surface area contributed by atoms with Gasteiger partial charge in [0.05, 0.1) is 0 Å². The van der Waals surface area contributed by atoms with Crippen molar-refractivity contribution in [1.29, 1.82) is 0 Å². The zero-order valence-electron chi connectivity index (χ0n) is 10.2. The number of nitrogens with two attached hydrogens (primary N) is 1. The summed E-state index contributed by atoms with van der Waals surface area (Å²) < 4.78 is 0. The van der Waals surface area contributed by atoms with Crippen LogP contribution in [0.4, 0.5) is 0 Å². The van der Waals surface area contributed by atoms with Crippen LogP contribution in [-0.4, -0.2) is 33.6 Å². The lowest BCUT2D eigenvalue weighted by molar-refractivity contribution is 0.318. The van der Waals surface area contributed by atoms with Crippen LogP contribution in [0.15, 0.2) is 23.5 Å². The number of pyridine rings is 1. The van der Waals surface area contributed by atoms with Gasteiger partial charge in [0.1, 0.15) is 5.69 Å². The van der Waals surface area contributed by atoms with Crippen LogP contribution in [0.5, 0.6) is 0 Å². The third-order valence-corrected chi connectivity index (χ3v) is 4.06. The molecule has 1 fully saturated rings. The lowest BCUT2D eigenvalue weighted by Crippen LogP contribution is -2.32. The van der Waals surface area contributed by atoms with Gasteiger partial charge in [-0.25, -0.2) is 0 Å². The van der Waals surface area contributed by atoms with Crippen LogP contribution in [0.3, 0.4) is 0 Å². The largest absolute Gasteiger partial charge is 0.409 e. The normalized spacial score (nSPS) is 17.9. The van der Waals surface area contributed by atoms with Crippen molar-refractivity contribution in [3.63, 3.8) is 0 Å². The third kappa shape index (κ3) is 3.61. The van der Waals surface area contributed by atoms with Gasteiger partial charge in [0.15, 0.2) is 5.84 Å². The Kier molecular flexibility index (Phi) is 4.83. The van der Waals surface area contributed by atoms with Crippen LogP contribution in [-0.2, 0) is 6.54 Å². The Morgan fingerprint density at radius 3 is 3.06 bits per heavy atom. The van der Waals surface area contributed by atoms with Crippen molar-refractivity contribution in [2.24, 2.45) is 10.9 Å². The second-order valence-electron chi connectivity index (χ2n) is 4.30. The Labute approximate surface area is 111 Å². The highest BCUT2D eigenvalue weighted by molar-refractivity contribution is 7.99. The first kappa shape index (κ1) is 13.2. The fraction of sp³-hybridized carbons (Fsp3) is 0.500. The van der Waals surface area contributed by atoms with Crippen molar-refractivity contribution < 1.29 is 5.21 Å². The van der Waals surface area contributed by atoms with E-state index in [9.17, 15) is 0 Å². The van der Waals surface area contributed by atoms with Crippen molar-refractivity contribution in [3.05, 3.63) is 29.6 Å². The van der Waals surface area contributed by atoms with Gasteiger partial charge in [0, 0.05) is 18.8 Å². The van der Waals surface area contributed by atoms with Gasteiger partial charge in [-0.05, 0) is 42.0 Å². The first-order valence-corrected chi connectivity index (χ1v) is 7.19. The van der Waals surface area contributed by atoms with Crippen LogP contribution < -0.4 is 11.1 Å². The van der Waals surface area contributed by atoms with E-state index in [4.69, 9.17) is 10.9 Å². The molecule has 98 valence electrons. The van der Waals surface area contributed by atoms with Gasteiger partial charge in [0.2, 0.25) is 0 Å². The van der Waals surface area contributed by atoms with E-state index in [0.29, 0.717) is 11.7 Å². The highest BCUT2D eigenvalue weighted by atomic mass is 32.2. The number of hydrogen-bond donors (Lipinski definition) is 3. The number of hydrogen-bond acceptors (Lipinski definition) is 5. The fourth-order valence-corrected chi connectivity index (χ4v) is 3.05. The first-order chi connectivity index (χ1) is 8.79. The Morgan fingerprint density at radius 1 is 1.56 bits per heavy atom. The molecular formula is C12H18N4OS. The first-order valence-electron chi connectivity index (χ1n) is 6.03. The molecule has 18 heavy (non-hydrogen) atoms. The maximum atomic E-state index is 8.62. The highest BCUT2D eigenvalue weighted by Gasteiger charge is 2.12. The quantitative estimate of drug-likeness (QED) is 0.330. The van der Waals surface area contributed by atoms with Gasteiger partial charge in [-0.3, -0.25) is 4.98 Å². The molecule has 0 radical (unpaired) electrons. The van der Waals surface area contributed by atoms with Crippen LogP contribution in [0, 0.1) is 0 Å². The summed E-state index contributed by atoms with van der Waals surface area (Å²) in [5.41, 5.74) is 7.13. The van der Waals surface area contributed by atoms with Gasteiger partial charge in [-0.1, -0.05) is 5.16 Å². The minimum atomic E-state index is 0.0471. The van der Waals surface area contributed by atoms with Gasteiger partial charge in [0.25, 0.3) is 0 Å². The number of rotatable bonds is 4. The molecule has 2 heterocycles. The Balaban J connectivity index is 1.92. The van der Waals surface area contributed by atoms with Crippen LogP contribution in [0.2, 0.25) is 0 Å². The lowest BCUT2D eigenvalue weighted by atomic mass is 10.1. The average molecular weight is 266 g/mol. The van der Waals surface area contributed by atoms with Crippen LogP contribution >= 0.6 is 11.8 Å². The molecule has 2 rings (SSSR count). The summed E-state index contributed by atoms with van der Waals surface area (Å²) in [5, 5.41) is 15.1. The van der Waals surface area contributed by atoms with Gasteiger partial charge < -0.3 is 16.3 Å². The third-order valence-electron chi connectivity index (χ3n) is 3.01. The minimum Gasteiger partial charge on any atom is -0.409 e. The summed E-state index contributed by atoms with van der Waals surface area (Å²) in [5.74, 6) is 2.53. The fourth-order valence-electron chi connectivity index (χ4n) is 1.94. The monoisotopic (exact) mass is 266 g/mol. The number of amidine groups is 1. The summed E-state index contributed by atoms with van der Waals surface area (Å²) >= 11 is 2.02. The summed E-state index contributed by atoms with van der Waals surface area (Å²) in [7, 11) is 0. The highest BCUT2D eigenvalue weighted by Crippen LogP contribution is 2.17. The van der Waals surface area contributed by atoms with E-state index in [1.807, 2.05) is 23.9 Å². The second kappa shape index (κ2) is 6.61. The average Bonchev–Trinajstić information content (AvgIpc) is 2.45.